The van der Waals surface area contributed by atoms with Crippen molar-refractivity contribution in [3.8, 4) is 6.01 Å². The van der Waals surface area contributed by atoms with Crippen molar-refractivity contribution >= 4 is 22.9 Å². The molecule has 0 saturated carbocycles. The lowest BCUT2D eigenvalue weighted by atomic mass is 10.1. The zero-order valence-electron chi connectivity index (χ0n) is 18.3. The number of hydrogen-bond acceptors (Lipinski definition) is 4. The van der Waals surface area contributed by atoms with Crippen molar-refractivity contribution in [3.05, 3.63) is 59.2 Å². The van der Waals surface area contributed by atoms with Crippen LogP contribution in [0, 0.1) is 0 Å². The van der Waals surface area contributed by atoms with Crippen LogP contribution in [0.15, 0.2) is 42.5 Å². The van der Waals surface area contributed by atoms with E-state index in [1.807, 2.05) is 34.6 Å². The highest BCUT2D eigenvalue weighted by atomic mass is 16.5. The van der Waals surface area contributed by atoms with Crippen LogP contribution in [0.25, 0.3) is 11.0 Å². The van der Waals surface area contributed by atoms with Crippen LogP contribution in [0.3, 0.4) is 0 Å². The van der Waals surface area contributed by atoms with Gasteiger partial charge in [0.25, 0.3) is 11.9 Å². The number of imidazole rings is 1. The first-order chi connectivity index (χ1) is 15.0. The fraction of sp³-hybridized carbons (Fsp3) is 0.375. The molecule has 1 aromatic heterocycles. The molecular weight excluding hydrogens is 394 g/mol. The first-order valence-electron chi connectivity index (χ1n) is 10.7. The Morgan fingerprint density at radius 1 is 1.00 bits per heavy atom. The number of amides is 1. The summed E-state index contributed by atoms with van der Waals surface area (Å²) in [7, 11) is 0. The molecule has 3 rings (SSSR count). The molecule has 0 bridgehead atoms. The number of benzene rings is 2. The Hall–Kier alpha value is -3.35. The van der Waals surface area contributed by atoms with Crippen LogP contribution in [0.4, 0.5) is 0 Å². The average molecular weight is 424 g/mol. The van der Waals surface area contributed by atoms with E-state index in [2.05, 4.69) is 18.8 Å². The third-order valence-electron chi connectivity index (χ3n) is 5.05. The van der Waals surface area contributed by atoms with Crippen LogP contribution in [-0.4, -0.2) is 51.1 Å². The molecule has 1 N–H and O–H groups in total. The van der Waals surface area contributed by atoms with Crippen LogP contribution < -0.4 is 4.74 Å². The topological polar surface area (TPSA) is 84.7 Å². The molecule has 31 heavy (non-hydrogen) atoms. The van der Waals surface area contributed by atoms with Gasteiger partial charge in [-0.25, -0.2) is 4.79 Å². The minimum Gasteiger partial charge on any atom is -0.478 e. The van der Waals surface area contributed by atoms with Gasteiger partial charge in [0.1, 0.15) is 0 Å². The molecule has 7 heteroatoms. The Labute approximate surface area is 182 Å². The van der Waals surface area contributed by atoms with Crippen molar-refractivity contribution in [1.82, 2.24) is 14.5 Å². The molecule has 0 unspecified atom stereocenters. The maximum absolute atomic E-state index is 13.1. The van der Waals surface area contributed by atoms with Gasteiger partial charge in [0.15, 0.2) is 0 Å². The molecule has 0 spiro atoms. The maximum atomic E-state index is 13.1. The number of aromatic nitrogens is 2. The number of carboxylic acid groups (broad SMARTS) is 1. The summed E-state index contributed by atoms with van der Waals surface area (Å²) in [6.07, 6.45) is 1.82. The van der Waals surface area contributed by atoms with Crippen molar-refractivity contribution in [2.24, 2.45) is 0 Å². The lowest BCUT2D eigenvalue weighted by Gasteiger charge is -2.21. The maximum Gasteiger partial charge on any atom is 0.335 e. The Kier molecular flexibility index (Phi) is 7.28. The predicted molar refractivity (Wildman–Crippen MR) is 120 cm³/mol. The summed E-state index contributed by atoms with van der Waals surface area (Å²) in [4.78, 5) is 30.7. The lowest BCUT2D eigenvalue weighted by molar-refractivity contribution is 0.0695. The van der Waals surface area contributed by atoms with Gasteiger partial charge in [0.2, 0.25) is 0 Å². The molecule has 3 aromatic rings. The smallest absolute Gasteiger partial charge is 0.335 e. The number of nitrogens with zero attached hydrogens (tertiary/aromatic N) is 3. The average Bonchev–Trinajstić information content (AvgIpc) is 3.10. The molecule has 2 aromatic carbocycles. The van der Waals surface area contributed by atoms with E-state index in [-0.39, 0.29) is 11.5 Å². The minimum atomic E-state index is -0.957. The summed E-state index contributed by atoms with van der Waals surface area (Å²) in [5, 5.41) is 9.12. The number of rotatable bonds is 10. The Morgan fingerprint density at radius 2 is 1.65 bits per heavy atom. The summed E-state index contributed by atoms with van der Waals surface area (Å²) in [6.45, 7) is 8.41. The van der Waals surface area contributed by atoms with Gasteiger partial charge in [-0.2, -0.15) is 4.98 Å². The molecule has 1 amide bonds. The number of hydrogen-bond donors (Lipinski definition) is 1. The van der Waals surface area contributed by atoms with Crippen LogP contribution >= 0.6 is 0 Å². The third-order valence-corrected chi connectivity index (χ3v) is 5.05. The zero-order valence-corrected chi connectivity index (χ0v) is 18.3. The normalized spacial score (nSPS) is 10.9. The van der Waals surface area contributed by atoms with Crippen LogP contribution in [0.2, 0.25) is 0 Å². The van der Waals surface area contributed by atoms with E-state index in [1.165, 1.54) is 0 Å². The monoisotopic (exact) mass is 423 g/mol. The largest absolute Gasteiger partial charge is 0.478 e. The molecular formula is C24H29N3O4. The molecule has 0 aliphatic carbocycles. The van der Waals surface area contributed by atoms with E-state index in [4.69, 9.17) is 9.84 Å². The van der Waals surface area contributed by atoms with E-state index >= 15 is 0 Å². The van der Waals surface area contributed by atoms with Gasteiger partial charge in [-0.1, -0.05) is 26.0 Å². The first kappa shape index (κ1) is 22.3. The molecule has 0 aliphatic rings. The van der Waals surface area contributed by atoms with Crippen molar-refractivity contribution in [3.63, 3.8) is 0 Å². The summed E-state index contributed by atoms with van der Waals surface area (Å²) < 4.78 is 7.67. The Balaban J connectivity index is 2.00. The highest BCUT2D eigenvalue weighted by molar-refractivity contribution is 5.97. The van der Waals surface area contributed by atoms with E-state index < -0.39 is 5.97 Å². The third kappa shape index (κ3) is 5.05. The molecule has 164 valence electrons. The van der Waals surface area contributed by atoms with Gasteiger partial charge in [-0.05, 0) is 55.7 Å². The van der Waals surface area contributed by atoms with E-state index in [1.54, 1.807) is 24.3 Å². The molecule has 0 aliphatic heterocycles. The summed E-state index contributed by atoms with van der Waals surface area (Å²) >= 11 is 0. The molecule has 0 atom stereocenters. The van der Waals surface area contributed by atoms with Crippen molar-refractivity contribution in [2.75, 3.05) is 19.7 Å². The zero-order chi connectivity index (χ0) is 22.4. The second-order valence-electron chi connectivity index (χ2n) is 7.41. The van der Waals surface area contributed by atoms with Gasteiger partial charge in [0, 0.05) is 18.7 Å². The number of fused-ring (bicyclic) bond motifs is 1. The van der Waals surface area contributed by atoms with Gasteiger partial charge < -0.3 is 14.7 Å². The van der Waals surface area contributed by atoms with Gasteiger partial charge in [-0.3, -0.25) is 9.36 Å². The van der Waals surface area contributed by atoms with Crippen LogP contribution in [0.1, 0.15) is 59.9 Å². The van der Waals surface area contributed by atoms with Crippen molar-refractivity contribution in [1.29, 1.82) is 0 Å². The molecule has 0 fully saturated rings. The van der Waals surface area contributed by atoms with Crippen molar-refractivity contribution in [2.45, 2.75) is 40.2 Å². The second kappa shape index (κ2) is 10.1. The predicted octanol–water partition coefficient (Wildman–Crippen LogP) is 4.44. The summed E-state index contributed by atoms with van der Waals surface area (Å²) in [6, 6.07) is 12.7. The molecule has 0 radical (unpaired) electrons. The number of carbonyl (C=O) groups is 2. The van der Waals surface area contributed by atoms with E-state index in [0.29, 0.717) is 24.7 Å². The summed E-state index contributed by atoms with van der Waals surface area (Å²) in [5.74, 6) is -0.941. The minimum absolute atomic E-state index is 0.0159. The molecule has 1 heterocycles. The van der Waals surface area contributed by atoms with E-state index in [9.17, 15) is 9.59 Å². The van der Waals surface area contributed by atoms with Crippen LogP contribution in [-0.2, 0) is 6.54 Å². The first-order valence-corrected chi connectivity index (χ1v) is 10.7. The quantitative estimate of drug-likeness (QED) is 0.521. The number of carboxylic acids is 1. The summed E-state index contributed by atoms with van der Waals surface area (Å²) in [5.41, 5.74) is 3.34. The fourth-order valence-corrected chi connectivity index (χ4v) is 3.60. The second-order valence-corrected chi connectivity index (χ2v) is 7.41. The molecule has 0 saturated heterocycles. The van der Waals surface area contributed by atoms with Gasteiger partial charge in [-0.15, -0.1) is 0 Å². The van der Waals surface area contributed by atoms with E-state index in [0.717, 1.165) is 42.5 Å². The number of carbonyl (C=O) groups excluding carboxylic acids is 1. The van der Waals surface area contributed by atoms with Gasteiger partial charge in [0.05, 0.1) is 29.7 Å². The van der Waals surface area contributed by atoms with Gasteiger partial charge >= 0.3 is 5.97 Å². The highest BCUT2D eigenvalue weighted by Crippen LogP contribution is 2.25. The molecule has 7 nitrogen and oxygen atoms in total. The standard InChI is InChI=1S/C24H29N3O4/c1-4-13-26(14-5-2)22(28)19-11-12-20-21(15-19)27(24(25-20)31-6-3)16-17-7-9-18(10-8-17)23(29)30/h7-12,15H,4-6,13-14,16H2,1-3H3,(H,29,30). The Morgan fingerprint density at radius 3 is 2.23 bits per heavy atom. The van der Waals surface area contributed by atoms with Crippen molar-refractivity contribution < 1.29 is 19.4 Å². The number of ether oxygens (including phenoxy) is 1. The highest BCUT2D eigenvalue weighted by Gasteiger charge is 2.18. The van der Waals surface area contributed by atoms with Crippen LogP contribution in [0.5, 0.6) is 6.01 Å². The fourth-order valence-electron chi connectivity index (χ4n) is 3.60. The Bertz CT molecular complexity index is 1050. The SMILES string of the molecule is CCCN(CCC)C(=O)c1ccc2nc(OCC)n(Cc3ccc(C(=O)O)cc3)c2c1. The lowest BCUT2D eigenvalue weighted by Crippen LogP contribution is -2.32. The number of aromatic carboxylic acids is 1.